The van der Waals surface area contributed by atoms with Gasteiger partial charge in [-0.15, -0.1) is 0 Å². The molecule has 1 aliphatic heterocycles. The SMILES string of the molecule is CN=C(NCCN1CCCCC1)NCc1ccccc1Cl. The first-order chi connectivity index (χ1) is 10.3. The lowest BCUT2D eigenvalue weighted by molar-refractivity contribution is 0.232. The fourth-order valence-corrected chi connectivity index (χ4v) is 2.76. The summed E-state index contributed by atoms with van der Waals surface area (Å²) in [6.07, 6.45) is 4.05. The third-order valence-corrected chi connectivity index (χ3v) is 4.17. The van der Waals surface area contributed by atoms with E-state index in [-0.39, 0.29) is 0 Å². The fourth-order valence-electron chi connectivity index (χ4n) is 2.56. The van der Waals surface area contributed by atoms with Crippen LogP contribution < -0.4 is 10.6 Å². The van der Waals surface area contributed by atoms with E-state index in [2.05, 4.69) is 20.5 Å². The molecule has 1 fully saturated rings. The van der Waals surface area contributed by atoms with Gasteiger partial charge in [0.25, 0.3) is 0 Å². The van der Waals surface area contributed by atoms with Crippen LogP contribution in [-0.4, -0.2) is 44.1 Å². The summed E-state index contributed by atoms with van der Waals surface area (Å²) in [6, 6.07) is 7.87. The lowest BCUT2D eigenvalue weighted by atomic mass is 10.1. The van der Waals surface area contributed by atoms with Crippen LogP contribution in [0.4, 0.5) is 0 Å². The highest BCUT2D eigenvalue weighted by molar-refractivity contribution is 6.31. The molecule has 0 aromatic heterocycles. The van der Waals surface area contributed by atoms with E-state index in [1.54, 1.807) is 7.05 Å². The molecule has 1 aliphatic rings. The van der Waals surface area contributed by atoms with Crippen LogP contribution in [0.15, 0.2) is 29.3 Å². The molecule has 0 amide bonds. The third kappa shape index (κ3) is 5.56. The largest absolute Gasteiger partial charge is 0.355 e. The first-order valence-electron chi connectivity index (χ1n) is 7.70. The molecule has 0 saturated carbocycles. The number of halogens is 1. The van der Waals surface area contributed by atoms with Gasteiger partial charge in [0, 0.05) is 31.7 Å². The Hall–Kier alpha value is -1.26. The second-order valence-corrected chi connectivity index (χ2v) is 5.75. The van der Waals surface area contributed by atoms with E-state index in [9.17, 15) is 0 Å². The molecule has 1 saturated heterocycles. The van der Waals surface area contributed by atoms with E-state index in [4.69, 9.17) is 11.6 Å². The summed E-state index contributed by atoms with van der Waals surface area (Å²) >= 11 is 6.15. The van der Waals surface area contributed by atoms with Crippen LogP contribution in [0, 0.1) is 0 Å². The van der Waals surface area contributed by atoms with Crippen LogP contribution in [0.25, 0.3) is 0 Å². The Labute approximate surface area is 132 Å². The number of nitrogens with zero attached hydrogens (tertiary/aromatic N) is 2. The van der Waals surface area contributed by atoms with Crippen LogP contribution in [-0.2, 0) is 6.54 Å². The molecular formula is C16H25ClN4. The number of benzene rings is 1. The highest BCUT2D eigenvalue weighted by Crippen LogP contribution is 2.14. The maximum Gasteiger partial charge on any atom is 0.191 e. The topological polar surface area (TPSA) is 39.7 Å². The number of piperidine rings is 1. The van der Waals surface area contributed by atoms with Crippen molar-refractivity contribution in [1.29, 1.82) is 0 Å². The van der Waals surface area contributed by atoms with E-state index in [1.165, 1.54) is 32.4 Å². The van der Waals surface area contributed by atoms with Crippen molar-refractivity contribution in [2.75, 3.05) is 33.2 Å². The summed E-state index contributed by atoms with van der Waals surface area (Å²) < 4.78 is 0. The maximum atomic E-state index is 6.15. The van der Waals surface area contributed by atoms with Gasteiger partial charge in [-0.3, -0.25) is 4.99 Å². The van der Waals surface area contributed by atoms with Crippen molar-refractivity contribution in [3.8, 4) is 0 Å². The minimum atomic E-state index is 0.684. The van der Waals surface area contributed by atoms with Gasteiger partial charge in [-0.25, -0.2) is 0 Å². The molecule has 1 heterocycles. The minimum absolute atomic E-state index is 0.684. The van der Waals surface area contributed by atoms with Gasteiger partial charge in [0.2, 0.25) is 0 Å². The van der Waals surface area contributed by atoms with E-state index < -0.39 is 0 Å². The zero-order valence-electron chi connectivity index (χ0n) is 12.7. The molecule has 5 heteroatoms. The predicted molar refractivity (Wildman–Crippen MR) is 89.9 cm³/mol. The molecule has 1 aromatic carbocycles. The standard InChI is InChI=1S/C16H25ClN4/c1-18-16(19-9-12-21-10-5-2-6-11-21)20-13-14-7-3-4-8-15(14)17/h3-4,7-8H,2,5-6,9-13H2,1H3,(H2,18,19,20). The molecule has 21 heavy (non-hydrogen) atoms. The summed E-state index contributed by atoms with van der Waals surface area (Å²) in [7, 11) is 1.79. The molecule has 0 radical (unpaired) electrons. The number of aliphatic imine (C=N–C) groups is 1. The first kappa shape index (κ1) is 16.1. The van der Waals surface area contributed by atoms with Crippen molar-refractivity contribution in [3.63, 3.8) is 0 Å². The van der Waals surface area contributed by atoms with Gasteiger partial charge in [-0.05, 0) is 37.6 Å². The average Bonchev–Trinajstić information content (AvgIpc) is 2.53. The van der Waals surface area contributed by atoms with Crippen molar-refractivity contribution < 1.29 is 0 Å². The molecule has 0 aliphatic carbocycles. The number of guanidine groups is 1. The molecule has 116 valence electrons. The Balaban J connectivity index is 1.69. The molecule has 2 rings (SSSR count). The highest BCUT2D eigenvalue weighted by Gasteiger charge is 2.09. The summed E-state index contributed by atoms with van der Waals surface area (Å²) in [6.45, 7) is 5.14. The van der Waals surface area contributed by atoms with Gasteiger partial charge in [0.1, 0.15) is 0 Å². The Bertz CT molecular complexity index is 455. The van der Waals surface area contributed by atoms with Crippen molar-refractivity contribution in [1.82, 2.24) is 15.5 Å². The molecule has 0 spiro atoms. The monoisotopic (exact) mass is 308 g/mol. The van der Waals surface area contributed by atoms with Crippen molar-refractivity contribution >= 4 is 17.6 Å². The first-order valence-corrected chi connectivity index (χ1v) is 8.07. The van der Waals surface area contributed by atoms with Gasteiger partial charge in [0.05, 0.1) is 0 Å². The van der Waals surface area contributed by atoms with Crippen LogP contribution in [0.1, 0.15) is 24.8 Å². The van der Waals surface area contributed by atoms with Crippen LogP contribution >= 0.6 is 11.6 Å². The molecule has 0 unspecified atom stereocenters. The Morgan fingerprint density at radius 3 is 2.67 bits per heavy atom. The number of rotatable bonds is 5. The molecule has 2 N–H and O–H groups in total. The fraction of sp³-hybridized carbons (Fsp3) is 0.562. The van der Waals surface area contributed by atoms with E-state index in [1.807, 2.05) is 24.3 Å². The lowest BCUT2D eigenvalue weighted by Crippen LogP contribution is -2.42. The lowest BCUT2D eigenvalue weighted by Gasteiger charge is -2.26. The molecular weight excluding hydrogens is 284 g/mol. The van der Waals surface area contributed by atoms with Crippen LogP contribution in [0.3, 0.4) is 0 Å². The highest BCUT2D eigenvalue weighted by atomic mass is 35.5. The average molecular weight is 309 g/mol. The quantitative estimate of drug-likeness (QED) is 0.648. The Morgan fingerprint density at radius 2 is 1.95 bits per heavy atom. The van der Waals surface area contributed by atoms with E-state index in [0.717, 1.165) is 29.6 Å². The molecule has 4 nitrogen and oxygen atoms in total. The smallest absolute Gasteiger partial charge is 0.191 e. The van der Waals surface area contributed by atoms with E-state index >= 15 is 0 Å². The summed E-state index contributed by atoms with van der Waals surface area (Å²) in [5.74, 6) is 0.826. The van der Waals surface area contributed by atoms with Gasteiger partial charge in [-0.1, -0.05) is 36.2 Å². The minimum Gasteiger partial charge on any atom is -0.355 e. The third-order valence-electron chi connectivity index (χ3n) is 3.80. The van der Waals surface area contributed by atoms with Crippen LogP contribution in [0.5, 0.6) is 0 Å². The van der Waals surface area contributed by atoms with Gasteiger partial charge < -0.3 is 15.5 Å². The second-order valence-electron chi connectivity index (χ2n) is 5.35. The molecule has 0 bridgehead atoms. The van der Waals surface area contributed by atoms with Gasteiger partial charge in [-0.2, -0.15) is 0 Å². The summed E-state index contributed by atoms with van der Waals surface area (Å²) in [5.41, 5.74) is 1.08. The van der Waals surface area contributed by atoms with Gasteiger partial charge >= 0.3 is 0 Å². The Kier molecular flexibility index (Phi) is 6.83. The summed E-state index contributed by atoms with van der Waals surface area (Å²) in [4.78, 5) is 6.76. The van der Waals surface area contributed by atoms with Crippen molar-refractivity contribution in [3.05, 3.63) is 34.9 Å². The number of hydrogen-bond donors (Lipinski definition) is 2. The van der Waals surface area contributed by atoms with E-state index in [0.29, 0.717) is 6.54 Å². The summed E-state index contributed by atoms with van der Waals surface area (Å²) in [5, 5.41) is 7.45. The maximum absolute atomic E-state index is 6.15. The number of likely N-dealkylation sites (tertiary alicyclic amines) is 1. The van der Waals surface area contributed by atoms with Crippen LogP contribution in [0.2, 0.25) is 5.02 Å². The zero-order chi connectivity index (χ0) is 14.9. The van der Waals surface area contributed by atoms with Crippen molar-refractivity contribution in [2.24, 2.45) is 4.99 Å². The molecule has 0 atom stereocenters. The number of hydrogen-bond acceptors (Lipinski definition) is 2. The number of nitrogens with one attached hydrogen (secondary N) is 2. The predicted octanol–water partition coefficient (Wildman–Crippen LogP) is 2.49. The molecule has 1 aromatic rings. The zero-order valence-corrected chi connectivity index (χ0v) is 13.5. The second kappa shape index (κ2) is 8.90. The van der Waals surface area contributed by atoms with Gasteiger partial charge in [0.15, 0.2) is 5.96 Å². The van der Waals surface area contributed by atoms with Crippen molar-refractivity contribution in [2.45, 2.75) is 25.8 Å². The Morgan fingerprint density at radius 1 is 1.19 bits per heavy atom. The normalized spacial score (nSPS) is 16.8.